The second-order valence-electron chi connectivity index (χ2n) is 4.62. The lowest BCUT2D eigenvalue weighted by Crippen LogP contribution is -2.46. The van der Waals surface area contributed by atoms with Crippen LogP contribution in [0.5, 0.6) is 0 Å². The van der Waals surface area contributed by atoms with Crippen molar-refractivity contribution in [3.05, 3.63) is 0 Å². The smallest absolute Gasteiger partial charge is 0.0465 e. The van der Waals surface area contributed by atoms with Crippen LogP contribution in [-0.2, 0) is 4.74 Å². The molecule has 0 bridgehead atoms. The molecule has 2 heteroatoms. The van der Waals surface area contributed by atoms with E-state index in [2.05, 4.69) is 19.2 Å². The number of methoxy groups -OCH3 is 1. The van der Waals surface area contributed by atoms with Crippen molar-refractivity contribution >= 4 is 0 Å². The second-order valence-corrected chi connectivity index (χ2v) is 4.62. The first-order valence-corrected chi connectivity index (χ1v) is 5.99. The fraction of sp³-hybridized carbons (Fsp3) is 1.00. The maximum atomic E-state index is 5.17. The van der Waals surface area contributed by atoms with Crippen molar-refractivity contribution in [2.45, 2.75) is 51.5 Å². The summed E-state index contributed by atoms with van der Waals surface area (Å²) in [4.78, 5) is 0. The first-order chi connectivity index (χ1) is 6.75. The second kappa shape index (κ2) is 5.72. The van der Waals surface area contributed by atoms with Gasteiger partial charge >= 0.3 is 0 Å². The van der Waals surface area contributed by atoms with E-state index in [1.165, 1.54) is 38.6 Å². The number of nitrogens with one attached hydrogen (secondary N) is 1. The average Bonchev–Trinajstić information content (AvgIpc) is 2.64. The molecule has 0 radical (unpaired) electrons. The van der Waals surface area contributed by atoms with Gasteiger partial charge < -0.3 is 10.1 Å². The zero-order valence-electron chi connectivity index (χ0n) is 9.94. The van der Waals surface area contributed by atoms with E-state index in [0.717, 1.165) is 12.5 Å². The molecule has 0 aromatic rings. The van der Waals surface area contributed by atoms with Crippen LogP contribution >= 0.6 is 0 Å². The molecule has 1 N–H and O–H groups in total. The summed E-state index contributed by atoms with van der Waals surface area (Å²) < 4.78 is 5.17. The van der Waals surface area contributed by atoms with Gasteiger partial charge in [-0.25, -0.2) is 0 Å². The van der Waals surface area contributed by atoms with Gasteiger partial charge in [-0.15, -0.1) is 0 Å². The molecule has 0 aromatic carbocycles. The lowest BCUT2D eigenvalue weighted by molar-refractivity contribution is 0.142. The molecule has 1 aliphatic rings. The van der Waals surface area contributed by atoms with Gasteiger partial charge in [0, 0.05) is 19.3 Å². The Kier molecular flexibility index (Phi) is 4.90. The molecule has 0 amide bonds. The van der Waals surface area contributed by atoms with E-state index in [0.29, 0.717) is 5.54 Å². The Morgan fingerprint density at radius 1 is 1.50 bits per heavy atom. The fourth-order valence-electron chi connectivity index (χ4n) is 2.73. The van der Waals surface area contributed by atoms with Crippen LogP contribution in [0.15, 0.2) is 0 Å². The van der Waals surface area contributed by atoms with Crippen LogP contribution in [0.3, 0.4) is 0 Å². The minimum Gasteiger partial charge on any atom is -0.385 e. The van der Waals surface area contributed by atoms with Crippen molar-refractivity contribution in [1.82, 2.24) is 5.32 Å². The highest BCUT2D eigenvalue weighted by Crippen LogP contribution is 2.33. The van der Waals surface area contributed by atoms with Gasteiger partial charge in [-0.2, -0.15) is 0 Å². The molecule has 0 aliphatic carbocycles. The fourth-order valence-corrected chi connectivity index (χ4v) is 2.73. The van der Waals surface area contributed by atoms with Crippen LogP contribution in [-0.4, -0.2) is 25.8 Å². The number of hydrogen-bond acceptors (Lipinski definition) is 2. The lowest BCUT2D eigenvalue weighted by atomic mass is 9.78. The van der Waals surface area contributed by atoms with Crippen LogP contribution in [0.4, 0.5) is 0 Å². The molecular formula is C12H25NO. The van der Waals surface area contributed by atoms with Gasteiger partial charge in [0.1, 0.15) is 0 Å². The molecule has 84 valence electrons. The van der Waals surface area contributed by atoms with Gasteiger partial charge in [0.05, 0.1) is 0 Å². The average molecular weight is 199 g/mol. The van der Waals surface area contributed by atoms with Gasteiger partial charge in [0.2, 0.25) is 0 Å². The zero-order valence-corrected chi connectivity index (χ0v) is 9.94. The summed E-state index contributed by atoms with van der Waals surface area (Å²) in [6.45, 7) is 6.75. The van der Waals surface area contributed by atoms with E-state index in [9.17, 15) is 0 Å². The van der Waals surface area contributed by atoms with Gasteiger partial charge in [-0.05, 0) is 38.1 Å². The number of ether oxygens (including phenoxy) is 1. The molecule has 0 spiro atoms. The van der Waals surface area contributed by atoms with Crippen LogP contribution in [0.1, 0.15) is 46.0 Å². The molecule has 1 rings (SSSR count). The Labute approximate surface area is 88.4 Å². The molecular weight excluding hydrogens is 174 g/mol. The van der Waals surface area contributed by atoms with E-state index in [-0.39, 0.29) is 0 Å². The van der Waals surface area contributed by atoms with Crippen molar-refractivity contribution in [3.8, 4) is 0 Å². The lowest BCUT2D eigenvalue weighted by Gasteiger charge is -2.36. The summed E-state index contributed by atoms with van der Waals surface area (Å²) in [5.41, 5.74) is 0.424. The summed E-state index contributed by atoms with van der Waals surface area (Å²) >= 11 is 0. The van der Waals surface area contributed by atoms with E-state index in [1.807, 2.05) is 0 Å². The predicted molar refractivity (Wildman–Crippen MR) is 60.5 cm³/mol. The standard InChI is InChI=1S/C12H25NO/c1-4-7-12(8-5-9-13-12)11(2)6-10-14-3/h11,13H,4-10H2,1-3H3. The summed E-state index contributed by atoms with van der Waals surface area (Å²) in [5, 5.41) is 3.72. The number of rotatable bonds is 6. The Morgan fingerprint density at radius 2 is 2.29 bits per heavy atom. The van der Waals surface area contributed by atoms with Crippen molar-refractivity contribution in [3.63, 3.8) is 0 Å². The first-order valence-electron chi connectivity index (χ1n) is 5.99. The van der Waals surface area contributed by atoms with E-state index in [1.54, 1.807) is 7.11 Å². The molecule has 1 fully saturated rings. The van der Waals surface area contributed by atoms with Crippen LogP contribution in [0.2, 0.25) is 0 Å². The summed E-state index contributed by atoms with van der Waals surface area (Å²) in [5.74, 6) is 0.741. The Morgan fingerprint density at radius 3 is 2.79 bits per heavy atom. The largest absolute Gasteiger partial charge is 0.385 e. The molecule has 14 heavy (non-hydrogen) atoms. The van der Waals surface area contributed by atoms with E-state index >= 15 is 0 Å². The highest BCUT2D eigenvalue weighted by molar-refractivity contribution is 4.96. The summed E-state index contributed by atoms with van der Waals surface area (Å²) in [6.07, 6.45) is 6.48. The predicted octanol–water partition coefficient (Wildman–Crippen LogP) is 2.58. The van der Waals surface area contributed by atoms with Gasteiger partial charge in [0.15, 0.2) is 0 Å². The van der Waals surface area contributed by atoms with Crippen molar-refractivity contribution in [2.24, 2.45) is 5.92 Å². The van der Waals surface area contributed by atoms with Crippen LogP contribution < -0.4 is 5.32 Å². The Balaban J connectivity index is 2.48. The highest BCUT2D eigenvalue weighted by Gasteiger charge is 2.37. The van der Waals surface area contributed by atoms with E-state index in [4.69, 9.17) is 4.74 Å². The monoisotopic (exact) mass is 199 g/mol. The van der Waals surface area contributed by atoms with Crippen LogP contribution in [0.25, 0.3) is 0 Å². The SMILES string of the molecule is CCCC1(C(C)CCOC)CCCN1. The van der Waals surface area contributed by atoms with Gasteiger partial charge in [-0.3, -0.25) is 0 Å². The molecule has 1 saturated heterocycles. The minimum absolute atomic E-state index is 0.424. The highest BCUT2D eigenvalue weighted by atomic mass is 16.5. The molecule has 2 nitrogen and oxygen atoms in total. The quantitative estimate of drug-likeness (QED) is 0.710. The Hall–Kier alpha value is -0.0800. The Bertz CT molecular complexity index is 152. The van der Waals surface area contributed by atoms with E-state index < -0.39 is 0 Å². The van der Waals surface area contributed by atoms with Crippen molar-refractivity contribution in [1.29, 1.82) is 0 Å². The molecule has 2 atom stereocenters. The van der Waals surface area contributed by atoms with Crippen molar-refractivity contribution in [2.75, 3.05) is 20.3 Å². The number of hydrogen-bond donors (Lipinski definition) is 1. The topological polar surface area (TPSA) is 21.3 Å². The normalized spacial score (nSPS) is 29.4. The third-order valence-electron chi connectivity index (χ3n) is 3.67. The molecule has 1 aliphatic heterocycles. The molecule has 0 aromatic heterocycles. The summed E-state index contributed by atoms with van der Waals surface area (Å²) in [7, 11) is 1.79. The first kappa shape index (κ1) is 12.0. The minimum atomic E-state index is 0.424. The molecule has 2 unspecified atom stereocenters. The van der Waals surface area contributed by atoms with Crippen molar-refractivity contribution < 1.29 is 4.74 Å². The van der Waals surface area contributed by atoms with Gasteiger partial charge in [0.25, 0.3) is 0 Å². The van der Waals surface area contributed by atoms with Gasteiger partial charge in [-0.1, -0.05) is 20.3 Å². The molecule has 0 saturated carbocycles. The van der Waals surface area contributed by atoms with Crippen LogP contribution in [0, 0.1) is 5.92 Å². The molecule has 1 heterocycles. The maximum absolute atomic E-state index is 5.17. The summed E-state index contributed by atoms with van der Waals surface area (Å²) in [6, 6.07) is 0. The third-order valence-corrected chi connectivity index (χ3v) is 3.67. The zero-order chi connectivity index (χ0) is 10.4. The maximum Gasteiger partial charge on any atom is 0.0465 e. The third kappa shape index (κ3) is 2.71.